The molecule has 0 aliphatic heterocycles. The van der Waals surface area contributed by atoms with Crippen LogP contribution in [0.25, 0.3) is 16.8 Å². The number of ketones is 2. The Kier molecular flexibility index (Phi) is 4.29. The average molecular weight is 389 g/mol. The highest BCUT2D eigenvalue weighted by Crippen LogP contribution is 2.31. The van der Waals surface area contributed by atoms with Crippen molar-refractivity contribution in [3.63, 3.8) is 0 Å². The van der Waals surface area contributed by atoms with Crippen molar-refractivity contribution in [3.8, 4) is 0 Å². The molecule has 0 saturated heterocycles. The summed E-state index contributed by atoms with van der Waals surface area (Å²) in [4.78, 5) is 25.8. The Morgan fingerprint density at radius 1 is 0.667 bits per heavy atom. The van der Waals surface area contributed by atoms with Crippen LogP contribution in [0.3, 0.4) is 0 Å². The van der Waals surface area contributed by atoms with Crippen LogP contribution in [0.5, 0.6) is 0 Å². The lowest BCUT2D eigenvalue weighted by Gasteiger charge is -2.07. The van der Waals surface area contributed by atoms with Gasteiger partial charge in [0.25, 0.3) is 0 Å². The van der Waals surface area contributed by atoms with Gasteiger partial charge in [0.15, 0.2) is 11.6 Å². The molecule has 0 saturated carbocycles. The van der Waals surface area contributed by atoms with Crippen LogP contribution in [0.2, 0.25) is 0 Å². The lowest BCUT2D eigenvalue weighted by molar-refractivity contribution is 0.0990. The van der Waals surface area contributed by atoms with E-state index in [0.29, 0.717) is 11.1 Å². The van der Waals surface area contributed by atoms with Gasteiger partial charge in [0, 0.05) is 22.5 Å². The van der Waals surface area contributed by atoms with Crippen molar-refractivity contribution in [2.45, 2.75) is 6.92 Å². The van der Waals surface area contributed by atoms with Gasteiger partial charge in [-0.3, -0.25) is 9.59 Å². The summed E-state index contributed by atoms with van der Waals surface area (Å²) in [6, 6.07) is 27.3. The zero-order valence-electron chi connectivity index (χ0n) is 16.5. The zero-order valence-corrected chi connectivity index (χ0v) is 16.5. The van der Waals surface area contributed by atoms with Gasteiger partial charge >= 0.3 is 0 Å². The first-order chi connectivity index (χ1) is 14.6. The Morgan fingerprint density at radius 2 is 1.17 bits per heavy atom. The van der Waals surface area contributed by atoms with Crippen molar-refractivity contribution in [1.82, 2.24) is 0 Å². The summed E-state index contributed by atoms with van der Waals surface area (Å²) in [6.45, 7) is 2.05. The second kappa shape index (κ2) is 7.12. The van der Waals surface area contributed by atoms with Crippen LogP contribution >= 0.6 is 0 Å². The molecule has 1 aliphatic rings. The number of hydrogen-bond donors (Lipinski definition) is 1. The van der Waals surface area contributed by atoms with Crippen LogP contribution in [-0.2, 0) is 0 Å². The van der Waals surface area contributed by atoms with E-state index < -0.39 is 0 Å². The maximum atomic E-state index is 12.9. The van der Waals surface area contributed by atoms with Gasteiger partial charge in [-0.05, 0) is 65.7 Å². The number of anilines is 2. The Balaban J connectivity index is 1.43. The molecule has 0 bridgehead atoms. The Labute approximate surface area is 174 Å². The molecule has 1 aliphatic carbocycles. The standard InChI is InChI=1S/C27H19NO2/c1-17-6-10-21(11-7-17)28-22-12-8-18(9-13-22)14-25-26(29)23-15-19-4-2-3-5-20(19)16-24(23)27(25)30/h2-16,28H,1H3. The van der Waals surface area contributed by atoms with Crippen LogP contribution < -0.4 is 5.32 Å². The highest BCUT2D eigenvalue weighted by Gasteiger charge is 2.33. The number of aryl methyl sites for hydroxylation is 1. The van der Waals surface area contributed by atoms with E-state index in [0.717, 1.165) is 27.7 Å². The SMILES string of the molecule is Cc1ccc(Nc2ccc(C=C3C(=O)c4cc5ccccc5cc4C3=O)cc2)cc1. The van der Waals surface area contributed by atoms with Crippen LogP contribution in [0, 0.1) is 6.92 Å². The summed E-state index contributed by atoms with van der Waals surface area (Å²) in [5.74, 6) is -0.412. The van der Waals surface area contributed by atoms with Gasteiger partial charge in [-0.2, -0.15) is 0 Å². The molecule has 3 heteroatoms. The molecule has 3 nitrogen and oxygen atoms in total. The first-order valence-corrected chi connectivity index (χ1v) is 9.86. The smallest absolute Gasteiger partial charge is 0.197 e. The van der Waals surface area contributed by atoms with Gasteiger partial charge in [-0.25, -0.2) is 0 Å². The van der Waals surface area contributed by atoms with E-state index >= 15 is 0 Å². The first-order valence-electron chi connectivity index (χ1n) is 9.86. The van der Waals surface area contributed by atoms with Crippen molar-refractivity contribution < 1.29 is 9.59 Å². The minimum atomic E-state index is -0.206. The molecule has 0 amide bonds. The van der Waals surface area contributed by atoms with Crippen LogP contribution in [-0.4, -0.2) is 11.6 Å². The Bertz CT molecular complexity index is 1270. The summed E-state index contributed by atoms with van der Waals surface area (Å²) >= 11 is 0. The van der Waals surface area contributed by atoms with Crippen molar-refractivity contribution in [3.05, 3.63) is 113 Å². The van der Waals surface area contributed by atoms with Crippen molar-refractivity contribution in [2.24, 2.45) is 0 Å². The minimum Gasteiger partial charge on any atom is -0.356 e. The fraction of sp³-hybridized carbons (Fsp3) is 0.0370. The quantitative estimate of drug-likeness (QED) is 0.328. The fourth-order valence-corrected chi connectivity index (χ4v) is 3.77. The number of Topliss-reactive ketones (excluding diaryl/α,β-unsaturated/α-hetero) is 2. The summed E-state index contributed by atoms with van der Waals surface area (Å²) in [6.07, 6.45) is 1.69. The lowest BCUT2D eigenvalue weighted by Crippen LogP contribution is -2.00. The molecule has 4 aromatic rings. The van der Waals surface area contributed by atoms with Crippen LogP contribution in [0.1, 0.15) is 31.8 Å². The maximum Gasteiger partial charge on any atom is 0.197 e. The third kappa shape index (κ3) is 3.20. The predicted octanol–water partition coefficient (Wildman–Crippen LogP) is 6.35. The van der Waals surface area contributed by atoms with E-state index in [-0.39, 0.29) is 17.1 Å². The Morgan fingerprint density at radius 3 is 1.70 bits per heavy atom. The topological polar surface area (TPSA) is 46.2 Å². The van der Waals surface area contributed by atoms with E-state index in [1.54, 1.807) is 6.08 Å². The molecule has 5 rings (SSSR count). The van der Waals surface area contributed by atoms with Gasteiger partial charge in [-0.15, -0.1) is 0 Å². The predicted molar refractivity (Wildman–Crippen MR) is 121 cm³/mol. The third-order valence-corrected chi connectivity index (χ3v) is 5.43. The number of benzene rings is 4. The summed E-state index contributed by atoms with van der Waals surface area (Å²) in [5.41, 5.74) is 5.18. The molecule has 0 spiro atoms. The van der Waals surface area contributed by atoms with Gasteiger partial charge in [-0.1, -0.05) is 54.1 Å². The number of rotatable bonds is 3. The number of allylic oxidation sites excluding steroid dienone is 1. The van der Waals surface area contributed by atoms with Gasteiger partial charge in [0.2, 0.25) is 0 Å². The normalized spacial score (nSPS) is 12.9. The van der Waals surface area contributed by atoms with Crippen LogP contribution in [0.4, 0.5) is 11.4 Å². The van der Waals surface area contributed by atoms with Gasteiger partial charge in [0.1, 0.15) is 0 Å². The molecule has 144 valence electrons. The molecular weight excluding hydrogens is 370 g/mol. The zero-order chi connectivity index (χ0) is 20.7. The van der Waals surface area contributed by atoms with Crippen molar-refractivity contribution >= 4 is 39.8 Å². The van der Waals surface area contributed by atoms with E-state index in [2.05, 4.69) is 24.4 Å². The highest BCUT2D eigenvalue weighted by atomic mass is 16.2. The lowest BCUT2D eigenvalue weighted by atomic mass is 10.0. The molecular formula is C27H19NO2. The molecule has 0 fully saturated rings. The molecule has 0 heterocycles. The van der Waals surface area contributed by atoms with Crippen LogP contribution in [0.15, 0.2) is 90.5 Å². The average Bonchev–Trinajstić information content (AvgIpc) is 2.99. The molecule has 0 atom stereocenters. The number of carbonyl (C=O) groups is 2. The molecule has 4 aromatic carbocycles. The molecule has 0 unspecified atom stereocenters. The highest BCUT2D eigenvalue weighted by molar-refractivity contribution is 6.42. The largest absolute Gasteiger partial charge is 0.356 e. The summed E-state index contributed by atoms with van der Waals surface area (Å²) in [5, 5.41) is 5.27. The summed E-state index contributed by atoms with van der Waals surface area (Å²) < 4.78 is 0. The molecule has 30 heavy (non-hydrogen) atoms. The number of carbonyl (C=O) groups excluding carboxylic acids is 2. The third-order valence-electron chi connectivity index (χ3n) is 5.43. The monoisotopic (exact) mass is 389 g/mol. The second-order valence-electron chi connectivity index (χ2n) is 7.57. The fourth-order valence-electron chi connectivity index (χ4n) is 3.77. The minimum absolute atomic E-state index is 0.206. The first kappa shape index (κ1) is 18.1. The number of hydrogen-bond acceptors (Lipinski definition) is 3. The van der Waals surface area contributed by atoms with E-state index in [1.807, 2.05) is 72.8 Å². The maximum absolute atomic E-state index is 12.9. The van der Waals surface area contributed by atoms with Crippen molar-refractivity contribution in [2.75, 3.05) is 5.32 Å². The molecule has 0 radical (unpaired) electrons. The van der Waals surface area contributed by atoms with Gasteiger partial charge < -0.3 is 5.32 Å². The molecule has 0 aromatic heterocycles. The Hall–Kier alpha value is -3.98. The summed E-state index contributed by atoms with van der Waals surface area (Å²) in [7, 11) is 0. The number of fused-ring (bicyclic) bond motifs is 2. The van der Waals surface area contributed by atoms with E-state index in [4.69, 9.17) is 0 Å². The van der Waals surface area contributed by atoms with E-state index in [9.17, 15) is 9.59 Å². The van der Waals surface area contributed by atoms with E-state index in [1.165, 1.54) is 5.56 Å². The van der Waals surface area contributed by atoms with Gasteiger partial charge in [0.05, 0.1) is 5.57 Å². The number of nitrogens with one attached hydrogen (secondary N) is 1. The second-order valence-corrected chi connectivity index (χ2v) is 7.57. The van der Waals surface area contributed by atoms with Crippen molar-refractivity contribution in [1.29, 1.82) is 0 Å². The molecule has 1 N–H and O–H groups in total.